The number of imidazole rings is 1. The van der Waals surface area contributed by atoms with Gasteiger partial charge in [-0.05, 0) is 38.7 Å². The Labute approximate surface area is 202 Å². The maximum atomic E-state index is 12.4. The van der Waals surface area contributed by atoms with Gasteiger partial charge in [-0.3, -0.25) is 0 Å². The normalized spacial score (nSPS) is 17.8. The van der Waals surface area contributed by atoms with Crippen LogP contribution in [0.15, 0.2) is 36.9 Å². The number of nitrogens with one attached hydrogen (secondary N) is 1. The summed E-state index contributed by atoms with van der Waals surface area (Å²) in [7, 11) is -3.45. The van der Waals surface area contributed by atoms with Crippen molar-refractivity contribution in [3.8, 4) is 11.4 Å². The zero-order valence-corrected chi connectivity index (χ0v) is 20.1. The van der Waals surface area contributed by atoms with E-state index < -0.39 is 10.0 Å². The van der Waals surface area contributed by atoms with Crippen LogP contribution in [-0.2, 0) is 22.2 Å². The van der Waals surface area contributed by atoms with Crippen LogP contribution in [0.25, 0.3) is 22.4 Å². The lowest BCUT2D eigenvalue weighted by Gasteiger charge is -2.28. The molecule has 0 bridgehead atoms. The molecule has 0 saturated heterocycles. The molecule has 0 spiro atoms. The van der Waals surface area contributed by atoms with Gasteiger partial charge in [-0.1, -0.05) is 12.8 Å². The number of fused-ring (bicyclic) bond motifs is 1. The van der Waals surface area contributed by atoms with Crippen LogP contribution in [0.1, 0.15) is 51.3 Å². The largest absolute Gasteiger partial charge is 0.388 e. The molecule has 4 heterocycles. The Morgan fingerprint density at radius 3 is 2.69 bits per heavy atom. The van der Waals surface area contributed by atoms with Crippen molar-refractivity contribution in [1.29, 1.82) is 0 Å². The number of anilines is 2. The van der Waals surface area contributed by atoms with Crippen molar-refractivity contribution in [2.75, 3.05) is 5.32 Å². The van der Waals surface area contributed by atoms with Gasteiger partial charge in [0.05, 0.1) is 34.9 Å². The van der Waals surface area contributed by atoms with Gasteiger partial charge in [-0.15, -0.1) is 0 Å². The van der Waals surface area contributed by atoms with Crippen molar-refractivity contribution >= 4 is 32.7 Å². The monoisotopic (exact) mass is 494 g/mol. The molecule has 182 valence electrons. The Morgan fingerprint density at radius 1 is 1.14 bits per heavy atom. The van der Waals surface area contributed by atoms with Gasteiger partial charge in [-0.2, -0.15) is 9.19 Å². The summed E-state index contributed by atoms with van der Waals surface area (Å²) in [5.74, 6) is 2.10. The van der Waals surface area contributed by atoms with E-state index in [-0.39, 0.29) is 17.4 Å². The molecule has 4 aromatic heterocycles. The summed E-state index contributed by atoms with van der Waals surface area (Å²) in [6, 6.07) is 3.64. The second kappa shape index (κ2) is 8.09. The van der Waals surface area contributed by atoms with Gasteiger partial charge in [0.2, 0.25) is 0 Å². The third-order valence-electron chi connectivity index (χ3n) is 6.91. The topological polar surface area (TPSA) is 141 Å². The average Bonchev–Trinajstić information content (AvgIpc) is 3.26. The highest BCUT2D eigenvalue weighted by molar-refractivity contribution is 7.90. The molecular weight excluding hydrogens is 468 g/mol. The fourth-order valence-electron chi connectivity index (χ4n) is 4.94. The number of pyridine rings is 1. The summed E-state index contributed by atoms with van der Waals surface area (Å²) in [6.07, 6.45) is 11.9. The second-order valence-corrected chi connectivity index (χ2v) is 11.6. The Hall–Kier alpha value is -3.38. The fraction of sp³-hybridized carbons (Fsp3) is 0.435. The molecule has 0 aliphatic heterocycles. The van der Waals surface area contributed by atoms with E-state index in [4.69, 9.17) is 0 Å². The quantitative estimate of drug-likeness (QED) is 0.397. The Kier molecular flexibility index (Phi) is 5.11. The number of aromatic nitrogens is 7. The minimum Gasteiger partial charge on any atom is -0.388 e. The summed E-state index contributed by atoms with van der Waals surface area (Å²) < 4.78 is 28.1. The van der Waals surface area contributed by atoms with Crippen molar-refractivity contribution in [3.05, 3.63) is 42.7 Å². The lowest BCUT2D eigenvalue weighted by atomic mass is 10.00. The zero-order valence-electron chi connectivity index (χ0n) is 19.3. The SMILES string of the molecule is CC1(n2c(CO)nc3cnc(Nc4ccnc(-c5cnn(S(=O)(=O)C6CC6)c5)n4)cc32)CCCC1. The fourth-order valence-corrected chi connectivity index (χ4v) is 6.42. The van der Waals surface area contributed by atoms with E-state index in [9.17, 15) is 13.5 Å². The van der Waals surface area contributed by atoms with E-state index in [0.29, 0.717) is 41.7 Å². The standard InChI is InChI=1S/C23H26N8O3S/c1-23(7-2-3-8-23)31-18-10-20(25-12-17(18)27-21(31)14-32)28-19-6-9-24-22(29-19)15-11-26-30(13-15)35(33,34)16-4-5-16/h6,9-13,16,32H,2-5,7-8,14H2,1H3,(H,24,25,28,29). The van der Waals surface area contributed by atoms with Gasteiger partial charge >= 0.3 is 0 Å². The van der Waals surface area contributed by atoms with Gasteiger partial charge in [0.1, 0.15) is 29.6 Å². The second-order valence-electron chi connectivity index (χ2n) is 9.52. The number of aliphatic hydroxyl groups is 1. The van der Waals surface area contributed by atoms with Crippen LogP contribution in [0.5, 0.6) is 0 Å². The van der Waals surface area contributed by atoms with Gasteiger partial charge in [-0.25, -0.2) is 28.4 Å². The van der Waals surface area contributed by atoms with E-state index in [2.05, 4.69) is 41.8 Å². The first-order chi connectivity index (χ1) is 16.9. The molecule has 2 saturated carbocycles. The first-order valence-corrected chi connectivity index (χ1v) is 13.3. The summed E-state index contributed by atoms with van der Waals surface area (Å²) in [5, 5.41) is 16.8. The molecule has 0 amide bonds. The van der Waals surface area contributed by atoms with Crippen molar-refractivity contribution in [3.63, 3.8) is 0 Å². The van der Waals surface area contributed by atoms with E-state index >= 15 is 0 Å². The van der Waals surface area contributed by atoms with Crippen LogP contribution in [0.3, 0.4) is 0 Å². The molecule has 2 fully saturated rings. The summed E-state index contributed by atoms with van der Waals surface area (Å²) in [5.41, 5.74) is 2.08. The molecule has 0 aromatic carbocycles. The predicted octanol–water partition coefficient (Wildman–Crippen LogP) is 2.95. The van der Waals surface area contributed by atoms with E-state index in [1.807, 2.05) is 6.07 Å². The number of hydrogen-bond donors (Lipinski definition) is 2. The highest BCUT2D eigenvalue weighted by atomic mass is 32.2. The number of nitrogens with zero attached hydrogens (tertiary/aromatic N) is 7. The maximum absolute atomic E-state index is 12.4. The average molecular weight is 495 g/mol. The number of rotatable bonds is 7. The highest BCUT2D eigenvalue weighted by Crippen LogP contribution is 2.39. The van der Waals surface area contributed by atoms with Crippen LogP contribution in [0.4, 0.5) is 11.6 Å². The van der Waals surface area contributed by atoms with Crippen LogP contribution < -0.4 is 5.32 Å². The molecule has 12 heteroatoms. The lowest BCUT2D eigenvalue weighted by Crippen LogP contribution is -2.28. The smallest absolute Gasteiger partial charge is 0.256 e. The van der Waals surface area contributed by atoms with Crippen molar-refractivity contribution < 1.29 is 13.5 Å². The third kappa shape index (κ3) is 3.86. The lowest BCUT2D eigenvalue weighted by molar-refractivity contribution is 0.241. The van der Waals surface area contributed by atoms with E-state index in [1.165, 1.54) is 12.4 Å². The highest BCUT2D eigenvalue weighted by Gasteiger charge is 2.38. The Balaban J connectivity index is 1.31. The maximum Gasteiger partial charge on any atom is 0.256 e. The molecule has 0 radical (unpaired) electrons. The molecular formula is C23H26N8O3S. The summed E-state index contributed by atoms with van der Waals surface area (Å²) >= 11 is 0. The van der Waals surface area contributed by atoms with E-state index in [1.54, 1.807) is 18.5 Å². The zero-order chi connectivity index (χ0) is 24.2. The molecule has 0 unspecified atom stereocenters. The van der Waals surface area contributed by atoms with Crippen molar-refractivity contribution in [2.45, 2.75) is 62.8 Å². The molecule has 35 heavy (non-hydrogen) atoms. The van der Waals surface area contributed by atoms with Crippen molar-refractivity contribution in [1.82, 2.24) is 33.7 Å². The first kappa shape index (κ1) is 22.1. The molecule has 2 aliphatic carbocycles. The van der Waals surface area contributed by atoms with Crippen LogP contribution >= 0.6 is 0 Å². The van der Waals surface area contributed by atoms with Gasteiger partial charge in [0.25, 0.3) is 10.0 Å². The van der Waals surface area contributed by atoms with Gasteiger partial charge in [0, 0.05) is 17.8 Å². The Morgan fingerprint density at radius 2 is 1.94 bits per heavy atom. The molecule has 2 aliphatic rings. The number of aliphatic hydroxyl groups excluding tert-OH is 1. The van der Waals surface area contributed by atoms with Crippen molar-refractivity contribution in [2.24, 2.45) is 0 Å². The molecule has 6 rings (SSSR count). The third-order valence-corrected chi connectivity index (χ3v) is 8.94. The first-order valence-electron chi connectivity index (χ1n) is 11.8. The molecule has 0 atom stereocenters. The van der Waals surface area contributed by atoms with Crippen LogP contribution in [-0.4, -0.2) is 52.5 Å². The Bertz CT molecular complexity index is 1520. The van der Waals surface area contributed by atoms with Crippen LogP contribution in [0.2, 0.25) is 0 Å². The number of hydrogen-bond acceptors (Lipinski definition) is 9. The summed E-state index contributed by atoms with van der Waals surface area (Å²) in [4.78, 5) is 17.9. The molecule has 2 N–H and O–H groups in total. The van der Waals surface area contributed by atoms with E-state index in [0.717, 1.165) is 40.8 Å². The summed E-state index contributed by atoms with van der Waals surface area (Å²) in [6.45, 7) is 2.08. The van der Waals surface area contributed by atoms with Crippen LogP contribution in [0, 0.1) is 0 Å². The van der Waals surface area contributed by atoms with Gasteiger partial charge < -0.3 is 15.0 Å². The minimum atomic E-state index is -3.45. The molecule has 11 nitrogen and oxygen atoms in total. The predicted molar refractivity (Wildman–Crippen MR) is 129 cm³/mol. The van der Waals surface area contributed by atoms with Gasteiger partial charge in [0.15, 0.2) is 5.82 Å². The minimum absolute atomic E-state index is 0.0888. The molecule has 4 aromatic rings.